The van der Waals surface area contributed by atoms with Crippen molar-refractivity contribution < 1.29 is 0 Å². The second-order valence-corrected chi connectivity index (χ2v) is 4.00. The van der Waals surface area contributed by atoms with Crippen LogP contribution in [0.15, 0.2) is 0 Å². The molecule has 0 saturated heterocycles. The molecule has 0 amide bonds. The van der Waals surface area contributed by atoms with Crippen molar-refractivity contribution in [2.75, 3.05) is 0 Å². The normalized spacial score (nSPS) is 23.2. The van der Waals surface area contributed by atoms with Gasteiger partial charge in [-0.3, -0.25) is 0 Å². The summed E-state index contributed by atoms with van der Waals surface area (Å²) in [7, 11) is 0. The number of unbranched alkanes of at least 4 members (excludes halogenated alkanes) is 1. The molecule has 0 aromatic heterocycles. The summed E-state index contributed by atoms with van der Waals surface area (Å²) in [6.45, 7) is 4.55. The molecule has 0 aromatic rings. The van der Waals surface area contributed by atoms with E-state index in [4.69, 9.17) is 5.73 Å². The fourth-order valence-electron chi connectivity index (χ4n) is 1.67. The van der Waals surface area contributed by atoms with Crippen LogP contribution < -0.4 is 5.73 Å². The van der Waals surface area contributed by atoms with Crippen molar-refractivity contribution in [3.8, 4) is 0 Å². The fraction of sp³-hybridized carbons (Fsp3) is 1.00. The van der Waals surface area contributed by atoms with E-state index in [-0.39, 0.29) is 0 Å². The van der Waals surface area contributed by atoms with Gasteiger partial charge >= 0.3 is 0 Å². The van der Waals surface area contributed by atoms with Gasteiger partial charge in [0.1, 0.15) is 0 Å². The van der Waals surface area contributed by atoms with Gasteiger partial charge < -0.3 is 5.73 Å². The average molecular weight is 155 g/mol. The Balaban J connectivity index is 2.11. The molecule has 1 saturated carbocycles. The van der Waals surface area contributed by atoms with Crippen LogP contribution in [0.2, 0.25) is 0 Å². The lowest BCUT2D eigenvalue weighted by Crippen LogP contribution is -2.29. The van der Waals surface area contributed by atoms with Crippen molar-refractivity contribution in [2.45, 2.75) is 52.0 Å². The monoisotopic (exact) mass is 155 g/mol. The smallest absolute Gasteiger partial charge is 0.00671 e. The van der Waals surface area contributed by atoms with Crippen molar-refractivity contribution >= 4 is 0 Å². The molecule has 11 heavy (non-hydrogen) atoms. The van der Waals surface area contributed by atoms with Crippen molar-refractivity contribution in [1.82, 2.24) is 0 Å². The van der Waals surface area contributed by atoms with E-state index >= 15 is 0 Å². The second kappa shape index (κ2) is 4.10. The number of rotatable bonds is 5. The average Bonchev–Trinajstić information content (AvgIpc) is 2.81. The standard InChI is InChI=1S/C10H21N/c1-3-4-5-10(11)8(2)9-6-7-9/h8-10H,3-7,11H2,1-2H3. The Hall–Kier alpha value is -0.0400. The first-order valence-electron chi connectivity index (χ1n) is 5.01. The minimum atomic E-state index is 0.474. The van der Waals surface area contributed by atoms with E-state index < -0.39 is 0 Å². The van der Waals surface area contributed by atoms with E-state index in [1.807, 2.05) is 0 Å². The van der Waals surface area contributed by atoms with Crippen LogP contribution in [0.5, 0.6) is 0 Å². The Kier molecular flexibility index (Phi) is 3.38. The molecule has 0 spiro atoms. The molecule has 0 bridgehead atoms. The summed E-state index contributed by atoms with van der Waals surface area (Å²) < 4.78 is 0. The third-order valence-corrected chi connectivity index (χ3v) is 2.93. The van der Waals surface area contributed by atoms with Gasteiger partial charge in [-0.05, 0) is 31.1 Å². The van der Waals surface area contributed by atoms with Crippen LogP contribution >= 0.6 is 0 Å². The zero-order chi connectivity index (χ0) is 8.27. The maximum Gasteiger partial charge on any atom is 0.00671 e. The number of hydrogen-bond donors (Lipinski definition) is 1. The lowest BCUT2D eigenvalue weighted by molar-refractivity contribution is 0.379. The first kappa shape index (κ1) is 9.05. The number of nitrogens with two attached hydrogens (primary N) is 1. The maximum absolute atomic E-state index is 6.04. The Labute approximate surface area is 70.4 Å². The fourth-order valence-corrected chi connectivity index (χ4v) is 1.67. The molecule has 2 unspecified atom stereocenters. The molecule has 0 heterocycles. The van der Waals surface area contributed by atoms with E-state index in [0.29, 0.717) is 6.04 Å². The molecule has 0 aromatic carbocycles. The van der Waals surface area contributed by atoms with Crippen LogP contribution in [-0.4, -0.2) is 6.04 Å². The predicted molar refractivity (Wildman–Crippen MR) is 49.4 cm³/mol. The predicted octanol–water partition coefficient (Wildman–Crippen LogP) is 2.55. The SMILES string of the molecule is CCCCC(N)C(C)C1CC1. The first-order chi connectivity index (χ1) is 5.25. The summed E-state index contributed by atoms with van der Waals surface area (Å²) in [5.74, 6) is 1.75. The van der Waals surface area contributed by atoms with Gasteiger partial charge in [0.15, 0.2) is 0 Å². The van der Waals surface area contributed by atoms with Gasteiger partial charge in [0.25, 0.3) is 0 Å². The van der Waals surface area contributed by atoms with Crippen molar-refractivity contribution in [2.24, 2.45) is 17.6 Å². The van der Waals surface area contributed by atoms with Crippen molar-refractivity contribution in [3.63, 3.8) is 0 Å². The van der Waals surface area contributed by atoms with Gasteiger partial charge in [0.2, 0.25) is 0 Å². The van der Waals surface area contributed by atoms with Crippen LogP contribution in [0.25, 0.3) is 0 Å². The molecule has 1 aliphatic rings. The molecular formula is C10H21N. The van der Waals surface area contributed by atoms with E-state index in [2.05, 4.69) is 13.8 Å². The molecular weight excluding hydrogens is 134 g/mol. The Morgan fingerprint density at radius 3 is 2.55 bits per heavy atom. The van der Waals surface area contributed by atoms with Gasteiger partial charge in [-0.15, -0.1) is 0 Å². The first-order valence-corrected chi connectivity index (χ1v) is 5.01. The van der Waals surface area contributed by atoms with Crippen LogP contribution in [0.4, 0.5) is 0 Å². The largest absolute Gasteiger partial charge is 0.327 e. The topological polar surface area (TPSA) is 26.0 Å². The summed E-state index contributed by atoms with van der Waals surface area (Å²) in [5, 5.41) is 0. The van der Waals surface area contributed by atoms with E-state index in [1.54, 1.807) is 0 Å². The molecule has 2 N–H and O–H groups in total. The molecule has 2 atom stereocenters. The quantitative estimate of drug-likeness (QED) is 0.648. The Morgan fingerprint density at radius 1 is 1.45 bits per heavy atom. The van der Waals surface area contributed by atoms with Gasteiger partial charge in [-0.25, -0.2) is 0 Å². The third-order valence-electron chi connectivity index (χ3n) is 2.93. The molecule has 1 heteroatoms. The molecule has 1 fully saturated rings. The lowest BCUT2D eigenvalue weighted by atomic mass is 9.93. The highest BCUT2D eigenvalue weighted by Crippen LogP contribution is 2.38. The highest BCUT2D eigenvalue weighted by atomic mass is 14.7. The van der Waals surface area contributed by atoms with Crippen LogP contribution in [0.3, 0.4) is 0 Å². The maximum atomic E-state index is 6.04. The summed E-state index contributed by atoms with van der Waals surface area (Å²) in [5.41, 5.74) is 6.04. The Morgan fingerprint density at radius 2 is 2.09 bits per heavy atom. The highest BCUT2D eigenvalue weighted by molar-refractivity contribution is 4.84. The molecule has 66 valence electrons. The zero-order valence-corrected chi connectivity index (χ0v) is 7.84. The van der Waals surface area contributed by atoms with Crippen LogP contribution in [0.1, 0.15) is 46.0 Å². The van der Waals surface area contributed by atoms with Gasteiger partial charge in [-0.1, -0.05) is 26.7 Å². The summed E-state index contributed by atoms with van der Waals surface area (Å²) in [4.78, 5) is 0. The summed E-state index contributed by atoms with van der Waals surface area (Å²) in [6, 6.07) is 0.474. The third kappa shape index (κ3) is 2.82. The van der Waals surface area contributed by atoms with Crippen molar-refractivity contribution in [1.29, 1.82) is 0 Å². The van der Waals surface area contributed by atoms with E-state index in [9.17, 15) is 0 Å². The van der Waals surface area contributed by atoms with Crippen molar-refractivity contribution in [3.05, 3.63) is 0 Å². The summed E-state index contributed by atoms with van der Waals surface area (Å²) >= 11 is 0. The Bertz CT molecular complexity index is 107. The highest BCUT2D eigenvalue weighted by Gasteiger charge is 2.31. The lowest BCUT2D eigenvalue weighted by Gasteiger charge is -2.18. The molecule has 0 radical (unpaired) electrons. The molecule has 1 rings (SSSR count). The minimum Gasteiger partial charge on any atom is -0.327 e. The van der Waals surface area contributed by atoms with E-state index in [0.717, 1.165) is 11.8 Å². The second-order valence-electron chi connectivity index (χ2n) is 4.00. The van der Waals surface area contributed by atoms with Gasteiger partial charge in [-0.2, -0.15) is 0 Å². The summed E-state index contributed by atoms with van der Waals surface area (Å²) in [6.07, 6.45) is 6.68. The molecule has 0 aliphatic heterocycles. The van der Waals surface area contributed by atoms with Crippen LogP contribution in [-0.2, 0) is 0 Å². The minimum absolute atomic E-state index is 0.474. The van der Waals surface area contributed by atoms with Crippen LogP contribution in [0, 0.1) is 11.8 Å². The zero-order valence-electron chi connectivity index (χ0n) is 7.84. The molecule has 1 nitrogen and oxygen atoms in total. The number of hydrogen-bond acceptors (Lipinski definition) is 1. The van der Waals surface area contributed by atoms with Gasteiger partial charge in [0, 0.05) is 6.04 Å². The molecule has 1 aliphatic carbocycles. The van der Waals surface area contributed by atoms with E-state index in [1.165, 1.54) is 32.1 Å². The van der Waals surface area contributed by atoms with Gasteiger partial charge in [0.05, 0.1) is 0 Å².